The number of thioether (sulfide) groups is 1. The maximum absolute atomic E-state index is 12.0. The Balaban J connectivity index is 2.03. The Bertz CT molecular complexity index is 907. The Kier molecular flexibility index (Phi) is 5.11. The summed E-state index contributed by atoms with van der Waals surface area (Å²) in [5, 5.41) is 8.88. The van der Waals surface area contributed by atoms with Crippen molar-refractivity contribution in [3.05, 3.63) is 18.2 Å². The first-order valence-corrected chi connectivity index (χ1v) is 10.5. The zero-order chi connectivity index (χ0) is 18.9. The zero-order valence-corrected chi connectivity index (χ0v) is 15.8. The predicted octanol–water partition coefficient (Wildman–Crippen LogP) is 1.22. The highest BCUT2D eigenvalue weighted by Gasteiger charge is 2.49. The van der Waals surface area contributed by atoms with Crippen molar-refractivity contribution in [2.24, 2.45) is 4.99 Å². The molecule has 0 spiro atoms. The fourth-order valence-electron chi connectivity index (χ4n) is 3.06. The van der Waals surface area contributed by atoms with Crippen LogP contribution in [-0.4, -0.2) is 56.5 Å². The molecule has 2 saturated heterocycles. The Morgan fingerprint density at radius 3 is 2.73 bits per heavy atom. The highest BCUT2D eigenvalue weighted by Crippen LogP contribution is 2.43. The molecule has 138 valence electrons. The summed E-state index contributed by atoms with van der Waals surface area (Å²) >= 11 is 1.26. The number of amidine groups is 1. The quantitative estimate of drug-likeness (QED) is 0.749. The van der Waals surface area contributed by atoms with Gasteiger partial charge in [0.15, 0.2) is 26.5 Å². The van der Waals surface area contributed by atoms with Crippen molar-refractivity contribution in [1.29, 1.82) is 5.26 Å². The fourth-order valence-corrected chi connectivity index (χ4v) is 6.99. The molecule has 10 heteroatoms. The van der Waals surface area contributed by atoms with Crippen LogP contribution < -0.4 is 14.4 Å². The number of hydrogen-bond acceptors (Lipinski definition) is 7. The van der Waals surface area contributed by atoms with Crippen LogP contribution in [0.1, 0.15) is 6.42 Å². The van der Waals surface area contributed by atoms with Gasteiger partial charge in [0.05, 0.1) is 37.8 Å². The normalized spacial score (nSPS) is 25.0. The molecule has 8 nitrogen and oxygen atoms in total. The predicted molar refractivity (Wildman–Crippen MR) is 98.5 cm³/mol. The van der Waals surface area contributed by atoms with E-state index < -0.39 is 15.7 Å². The average Bonchev–Trinajstić information content (AvgIpc) is 3.05. The molecule has 0 radical (unpaired) electrons. The summed E-state index contributed by atoms with van der Waals surface area (Å²) in [6.07, 6.45) is -0.322. The van der Waals surface area contributed by atoms with Gasteiger partial charge in [0.25, 0.3) is 5.91 Å². The highest BCUT2D eigenvalue weighted by molar-refractivity contribution is 8.16. The number of sulfone groups is 1. The van der Waals surface area contributed by atoms with E-state index in [1.54, 1.807) is 29.2 Å². The summed E-state index contributed by atoms with van der Waals surface area (Å²) in [4.78, 5) is 17.6. The topological polar surface area (TPSA) is 109 Å². The van der Waals surface area contributed by atoms with Crippen molar-refractivity contribution in [1.82, 2.24) is 0 Å². The molecule has 3 rings (SSSR count). The molecule has 2 fully saturated rings. The van der Waals surface area contributed by atoms with E-state index >= 15 is 0 Å². The molecule has 0 bridgehead atoms. The highest BCUT2D eigenvalue weighted by atomic mass is 32.2. The van der Waals surface area contributed by atoms with Crippen LogP contribution in [0.2, 0.25) is 0 Å². The number of methoxy groups -OCH3 is 2. The van der Waals surface area contributed by atoms with Crippen LogP contribution in [-0.2, 0) is 14.6 Å². The third-order valence-corrected chi connectivity index (χ3v) is 7.37. The number of carbonyl (C=O) groups excluding carboxylic acids is 1. The molecule has 0 N–H and O–H groups in total. The number of rotatable bonds is 4. The van der Waals surface area contributed by atoms with Gasteiger partial charge < -0.3 is 14.4 Å². The van der Waals surface area contributed by atoms with Crippen molar-refractivity contribution in [3.63, 3.8) is 0 Å². The molecule has 0 saturated carbocycles. The van der Waals surface area contributed by atoms with E-state index in [9.17, 15) is 13.2 Å². The van der Waals surface area contributed by atoms with E-state index in [4.69, 9.17) is 14.7 Å². The molecule has 1 aromatic rings. The minimum absolute atomic E-state index is 0.00945. The van der Waals surface area contributed by atoms with Gasteiger partial charge in [-0.3, -0.25) is 4.79 Å². The molecule has 2 unspecified atom stereocenters. The third-order valence-electron chi connectivity index (χ3n) is 4.16. The lowest BCUT2D eigenvalue weighted by molar-refractivity contribution is -0.116. The number of fused-ring (bicyclic) bond motifs is 1. The van der Waals surface area contributed by atoms with E-state index in [1.165, 1.54) is 26.0 Å². The minimum Gasteiger partial charge on any atom is -0.493 e. The second kappa shape index (κ2) is 7.17. The van der Waals surface area contributed by atoms with Crippen molar-refractivity contribution in [3.8, 4) is 17.6 Å². The molecular formula is C16H17N3O5S2. The molecule has 2 atom stereocenters. The number of aliphatic imine (C=N–C) groups is 1. The number of benzene rings is 1. The number of amides is 1. The number of nitrogens with zero attached hydrogens (tertiary/aromatic N) is 3. The second-order valence-electron chi connectivity index (χ2n) is 5.83. The first-order chi connectivity index (χ1) is 12.4. The van der Waals surface area contributed by atoms with Gasteiger partial charge in [-0.1, -0.05) is 11.8 Å². The number of carbonyl (C=O) groups is 1. The van der Waals surface area contributed by atoms with Crippen LogP contribution in [0.15, 0.2) is 23.2 Å². The SMILES string of the molecule is COc1ccc(N2C(=NC(=O)CC#N)SC3CS(=O)(=O)CC32)cc1OC. The van der Waals surface area contributed by atoms with Gasteiger partial charge in [-0.25, -0.2) is 8.42 Å². The van der Waals surface area contributed by atoms with Gasteiger partial charge in [-0.15, -0.1) is 0 Å². The Morgan fingerprint density at radius 1 is 1.35 bits per heavy atom. The van der Waals surface area contributed by atoms with E-state index in [1.807, 2.05) is 0 Å². The molecule has 0 aromatic heterocycles. The third kappa shape index (κ3) is 3.50. The molecule has 26 heavy (non-hydrogen) atoms. The molecule has 1 amide bonds. The Labute approximate surface area is 155 Å². The number of ether oxygens (including phenoxy) is 2. The van der Waals surface area contributed by atoms with Gasteiger partial charge in [0.2, 0.25) is 0 Å². The lowest BCUT2D eigenvalue weighted by Crippen LogP contribution is -2.37. The summed E-state index contributed by atoms with van der Waals surface area (Å²) in [5.74, 6) is 0.505. The van der Waals surface area contributed by atoms with Gasteiger partial charge in [-0.05, 0) is 12.1 Å². The van der Waals surface area contributed by atoms with E-state index in [0.29, 0.717) is 22.4 Å². The maximum atomic E-state index is 12.0. The first kappa shape index (κ1) is 18.5. The number of nitriles is 1. The number of anilines is 1. The summed E-state index contributed by atoms with van der Waals surface area (Å²) in [6, 6.07) is 6.65. The van der Waals surface area contributed by atoms with E-state index in [0.717, 1.165) is 0 Å². The lowest BCUT2D eigenvalue weighted by Gasteiger charge is -2.25. The number of hydrogen-bond donors (Lipinski definition) is 0. The van der Waals surface area contributed by atoms with Crippen molar-refractivity contribution >= 4 is 38.4 Å². The average molecular weight is 395 g/mol. The van der Waals surface area contributed by atoms with Crippen molar-refractivity contribution in [2.75, 3.05) is 30.6 Å². The fraction of sp³-hybridized carbons (Fsp3) is 0.438. The van der Waals surface area contributed by atoms with Gasteiger partial charge in [-0.2, -0.15) is 10.3 Å². The van der Waals surface area contributed by atoms with Crippen LogP contribution in [0.25, 0.3) is 0 Å². The zero-order valence-electron chi connectivity index (χ0n) is 14.2. The second-order valence-corrected chi connectivity index (χ2v) is 9.19. The molecule has 0 aliphatic carbocycles. The summed E-state index contributed by atoms with van der Waals surface area (Å²) in [7, 11) is -0.115. The molecule has 2 aliphatic rings. The lowest BCUT2D eigenvalue weighted by atomic mass is 10.2. The van der Waals surface area contributed by atoms with Crippen LogP contribution in [0.4, 0.5) is 5.69 Å². The van der Waals surface area contributed by atoms with Gasteiger partial charge in [0, 0.05) is 17.0 Å². The summed E-state index contributed by atoms with van der Waals surface area (Å²) in [6.45, 7) is 0. The van der Waals surface area contributed by atoms with Crippen LogP contribution in [0, 0.1) is 11.3 Å². The van der Waals surface area contributed by atoms with Crippen molar-refractivity contribution < 1.29 is 22.7 Å². The molecule has 2 aliphatic heterocycles. The molecule has 1 aromatic carbocycles. The first-order valence-electron chi connectivity index (χ1n) is 7.75. The Hall–Kier alpha value is -2.25. The van der Waals surface area contributed by atoms with Crippen LogP contribution in [0.5, 0.6) is 11.5 Å². The smallest absolute Gasteiger partial charge is 0.262 e. The van der Waals surface area contributed by atoms with Gasteiger partial charge >= 0.3 is 0 Å². The summed E-state index contributed by atoms with van der Waals surface area (Å²) < 4.78 is 34.6. The molecular weight excluding hydrogens is 378 g/mol. The van der Waals surface area contributed by atoms with E-state index in [2.05, 4.69) is 4.99 Å². The Morgan fingerprint density at radius 2 is 2.08 bits per heavy atom. The summed E-state index contributed by atoms with van der Waals surface area (Å²) in [5.41, 5.74) is 0.656. The van der Waals surface area contributed by atoms with Gasteiger partial charge in [0.1, 0.15) is 6.42 Å². The standard InChI is InChI=1S/C16H17N3O5S2/c1-23-12-4-3-10(7-13(12)24-2)19-11-8-26(21,22)9-14(11)25-16(19)18-15(20)5-6-17/h3-4,7,11,14H,5,8-9H2,1-2H3. The van der Waals surface area contributed by atoms with Crippen LogP contribution in [0.3, 0.4) is 0 Å². The minimum atomic E-state index is -3.15. The van der Waals surface area contributed by atoms with E-state index in [-0.39, 0.29) is 29.2 Å². The largest absolute Gasteiger partial charge is 0.493 e. The monoisotopic (exact) mass is 395 g/mol. The van der Waals surface area contributed by atoms with Crippen LogP contribution >= 0.6 is 11.8 Å². The van der Waals surface area contributed by atoms with Crippen molar-refractivity contribution in [2.45, 2.75) is 17.7 Å². The maximum Gasteiger partial charge on any atom is 0.262 e. The molecule has 2 heterocycles.